The van der Waals surface area contributed by atoms with Crippen molar-refractivity contribution in [2.75, 3.05) is 37.3 Å². The summed E-state index contributed by atoms with van der Waals surface area (Å²) in [7, 11) is 2.28. The lowest BCUT2D eigenvalue weighted by molar-refractivity contribution is 0.102. The van der Waals surface area contributed by atoms with Crippen LogP contribution in [-0.2, 0) is 0 Å². The first-order valence-corrected chi connectivity index (χ1v) is 7.94. The Bertz CT molecular complexity index is 463. The van der Waals surface area contributed by atoms with Gasteiger partial charge in [0.15, 0.2) is 0 Å². The van der Waals surface area contributed by atoms with Gasteiger partial charge in [0.2, 0.25) is 0 Å². The average molecular weight is 324 g/mol. The van der Waals surface area contributed by atoms with Crippen molar-refractivity contribution in [2.24, 2.45) is 5.92 Å². The van der Waals surface area contributed by atoms with Crippen molar-refractivity contribution in [3.8, 4) is 0 Å². The number of hydrogen-bond acceptors (Lipinski definition) is 3. The number of fused-ring (bicyclic) bond motifs is 1. The molecule has 0 amide bonds. The highest BCUT2D eigenvalue weighted by molar-refractivity contribution is 9.10. The van der Waals surface area contributed by atoms with Gasteiger partial charge in [-0.25, -0.2) is 0 Å². The number of nitrogens with two attached hydrogens (primary N) is 1. The predicted octanol–water partition coefficient (Wildman–Crippen LogP) is 2.95. The average Bonchev–Trinajstić information content (AvgIpc) is 2.38. The number of piperidine rings is 2. The van der Waals surface area contributed by atoms with Crippen molar-refractivity contribution in [2.45, 2.75) is 25.3 Å². The molecule has 0 radical (unpaired) electrons. The van der Waals surface area contributed by atoms with E-state index in [0.717, 1.165) is 28.7 Å². The lowest BCUT2D eigenvalue weighted by atomic mass is 9.84. The zero-order valence-electron chi connectivity index (χ0n) is 11.5. The molecule has 0 aliphatic carbocycles. The van der Waals surface area contributed by atoms with Gasteiger partial charge < -0.3 is 15.5 Å². The number of anilines is 2. The zero-order chi connectivity index (χ0) is 13.4. The molecule has 2 aliphatic rings. The molecule has 104 valence electrons. The first kappa shape index (κ1) is 13.3. The molecule has 0 spiro atoms. The Hall–Kier alpha value is -0.740. The number of nitrogen functional groups attached to an aromatic ring is 1. The molecule has 2 fully saturated rings. The van der Waals surface area contributed by atoms with Gasteiger partial charge in [0.1, 0.15) is 0 Å². The van der Waals surface area contributed by atoms with E-state index in [4.69, 9.17) is 5.73 Å². The third-order valence-corrected chi connectivity index (χ3v) is 5.29. The molecule has 2 aliphatic heterocycles. The second-order valence-corrected chi connectivity index (χ2v) is 6.75. The summed E-state index contributed by atoms with van der Waals surface area (Å²) >= 11 is 3.65. The maximum atomic E-state index is 5.83. The molecule has 3 rings (SSSR count). The van der Waals surface area contributed by atoms with Crippen molar-refractivity contribution in [3.05, 3.63) is 22.7 Å². The van der Waals surface area contributed by atoms with E-state index in [1.54, 1.807) is 0 Å². The molecule has 2 unspecified atom stereocenters. The molecule has 0 bridgehead atoms. The van der Waals surface area contributed by atoms with Gasteiger partial charge in [-0.3, -0.25) is 0 Å². The number of nitrogens with zero attached hydrogens (tertiary/aromatic N) is 2. The van der Waals surface area contributed by atoms with Crippen LogP contribution in [0.25, 0.3) is 0 Å². The second-order valence-electron chi connectivity index (χ2n) is 5.90. The topological polar surface area (TPSA) is 32.5 Å². The van der Waals surface area contributed by atoms with Gasteiger partial charge in [-0.15, -0.1) is 0 Å². The van der Waals surface area contributed by atoms with Gasteiger partial charge in [0.05, 0.1) is 5.69 Å². The van der Waals surface area contributed by atoms with Crippen LogP contribution in [-0.4, -0.2) is 37.6 Å². The minimum absolute atomic E-state index is 0.789. The summed E-state index contributed by atoms with van der Waals surface area (Å²) in [4.78, 5) is 5.08. The van der Waals surface area contributed by atoms with Crippen LogP contribution >= 0.6 is 15.9 Å². The summed E-state index contributed by atoms with van der Waals surface area (Å²) < 4.78 is 1.12. The maximum Gasteiger partial charge on any atom is 0.0512 e. The molecule has 2 N–H and O–H groups in total. The third kappa shape index (κ3) is 2.61. The number of benzene rings is 1. The van der Waals surface area contributed by atoms with E-state index in [1.165, 1.54) is 38.0 Å². The lowest BCUT2D eigenvalue weighted by Crippen LogP contribution is -2.52. The van der Waals surface area contributed by atoms with Crippen molar-refractivity contribution in [3.63, 3.8) is 0 Å². The summed E-state index contributed by atoms with van der Waals surface area (Å²) in [5.74, 6) is 0.817. The highest BCUT2D eigenvalue weighted by Crippen LogP contribution is 2.35. The molecule has 3 nitrogen and oxygen atoms in total. The van der Waals surface area contributed by atoms with Crippen LogP contribution in [0.15, 0.2) is 22.7 Å². The largest absolute Gasteiger partial charge is 0.399 e. The fourth-order valence-corrected chi connectivity index (χ4v) is 4.30. The highest BCUT2D eigenvalue weighted by Gasteiger charge is 2.34. The van der Waals surface area contributed by atoms with E-state index in [1.807, 2.05) is 12.1 Å². The third-order valence-electron chi connectivity index (χ3n) is 4.66. The van der Waals surface area contributed by atoms with Crippen molar-refractivity contribution < 1.29 is 0 Å². The molecule has 0 saturated carbocycles. The predicted molar refractivity (Wildman–Crippen MR) is 84.5 cm³/mol. The molecule has 2 saturated heterocycles. The van der Waals surface area contributed by atoms with Crippen LogP contribution < -0.4 is 10.6 Å². The smallest absolute Gasteiger partial charge is 0.0512 e. The van der Waals surface area contributed by atoms with E-state index in [0.29, 0.717) is 0 Å². The van der Waals surface area contributed by atoms with Crippen LogP contribution in [0.5, 0.6) is 0 Å². The molecule has 4 heteroatoms. The molecule has 2 atom stereocenters. The first-order valence-electron chi connectivity index (χ1n) is 7.15. The quantitative estimate of drug-likeness (QED) is 0.806. The van der Waals surface area contributed by atoms with E-state index in [2.05, 4.69) is 38.8 Å². The standard InChI is InChI=1S/C15H22BrN3/c1-18-7-2-3-11-10-19(8-6-14(11)18)15-5-4-12(17)9-13(15)16/h4-5,9,11,14H,2-3,6-8,10,17H2,1H3. The minimum Gasteiger partial charge on any atom is -0.399 e. The Morgan fingerprint density at radius 2 is 2.11 bits per heavy atom. The molecule has 2 heterocycles. The Morgan fingerprint density at radius 1 is 1.26 bits per heavy atom. The van der Waals surface area contributed by atoms with E-state index in [-0.39, 0.29) is 0 Å². The van der Waals surface area contributed by atoms with Gasteiger partial charge in [-0.2, -0.15) is 0 Å². The van der Waals surface area contributed by atoms with Gasteiger partial charge in [-0.05, 0) is 72.9 Å². The Morgan fingerprint density at radius 3 is 2.89 bits per heavy atom. The number of likely N-dealkylation sites (tertiary alicyclic amines) is 1. The Kier molecular flexibility index (Phi) is 3.72. The zero-order valence-corrected chi connectivity index (χ0v) is 13.1. The summed E-state index contributed by atoms with van der Waals surface area (Å²) in [5.41, 5.74) is 7.94. The van der Waals surface area contributed by atoms with E-state index in [9.17, 15) is 0 Å². The summed E-state index contributed by atoms with van der Waals surface area (Å²) in [6.07, 6.45) is 3.99. The van der Waals surface area contributed by atoms with Gasteiger partial charge in [0.25, 0.3) is 0 Å². The number of halogens is 1. The van der Waals surface area contributed by atoms with Gasteiger partial charge in [0, 0.05) is 29.3 Å². The van der Waals surface area contributed by atoms with Gasteiger partial charge >= 0.3 is 0 Å². The molecular weight excluding hydrogens is 302 g/mol. The normalized spacial score (nSPS) is 28.2. The van der Waals surface area contributed by atoms with Crippen LogP contribution in [0.4, 0.5) is 11.4 Å². The number of rotatable bonds is 1. The van der Waals surface area contributed by atoms with Crippen LogP contribution in [0.3, 0.4) is 0 Å². The summed E-state index contributed by atoms with van der Waals surface area (Å²) in [6, 6.07) is 6.94. The Labute approximate surface area is 123 Å². The van der Waals surface area contributed by atoms with Crippen LogP contribution in [0.1, 0.15) is 19.3 Å². The molecule has 1 aromatic rings. The summed E-state index contributed by atoms with van der Waals surface area (Å²) in [6.45, 7) is 3.60. The molecule has 19 heavy (non-hydrogen) atoms. The van der Waals surface area contributed by atoms with Crippen molar-refractivity contribution >= 4 is 27.3 Å². The summed E-state index contributed by atoms with van der Waals surface area (Å²) in [5, 5.41) is 0. The fourth-order valence-electron chi connectivity index (χ4n) is 3.65. The number of hydrogen-bond donors (Lipinski definition) is 1. The Balaban J connectivity index is 1.77. The fraction of sp³-hybridized carbons (Fsp3) is 0.600. The maximum absolute atomic E-state index is 5.83. The van der Waals surface area contributed by atoms with Crippen LogP contribution in [0.2, 0.25) is 0 Å². The SMILES string of the molecule is CN1CCCC2CN(c3ccc(N)cc3Br)CCC21. The van der Waals surface area contributed by atoms with E-state index >= 15 is 0 Å². The minimum atomic E-state index is 0.789. The molecule has 1 aromatic carbocycles. The van der Waals surface area contributed by atoms with Crippen LogP contribution in [0, 0.1) is 5.92 Å². The lowest BCUT2D eigenvalue weighted by Gasteiger charge is -2.46. The van der Waals surface area contributed by atoms with Gasteiger partial charge in [-0.1, -0.05) is 0 Å². The monoisotopic (exact) mass is 323 g/mol. The second kappa shape index (κ2) is 5.33. The van der Waals surface area contributed by atoms with Crippen molar-refractivity contribution in [1.29, 1.82) is 0 Å². The first-order chi connectivity index (χ1) is 9.15. The molecule has 0 aromatic heterocycles. The van der Waals surface area contributed by atoms with Crippen molar-refractivity contribution in [1.82, 2.24) is 4.90 Å². The molecular formula is C15H22BrN3. The highest BCUT2D eigenvalue weighted by atomic mass is 79.9. The van der Waals surface area contributed by atoms with E-state index < -0.39 is 0 Å².